The van der Waals surface area contributed by atoms with Crippen LogP contribution in [0.25, 0.3) is 0 Å². The van der Waals surface area contributed by atoms with E-state index in [1.807, 2.05) is 0 Å². The van der Waals surface area contributed by atoms with Gasteiger partial charge in [-0.25, -0.2) is 9.18 Å². The number of carboxylic acid groups (broad SMARTS) is 1. The van der Waals surface area contributed by atoms with Crippen LogP contribution < -0.4 is 0 Å². The summed E-state index contributed by atoms with van der Waals surface area (Å²) in [7, 11) is 0. The normalized spacial score (nSPS) is 12.0. The Bertz CT molecular complexity index is 209. The second-order valence-corrected chi connectivity index (χ2v) is 2.48. The largest absolute Gasteiger partial charge is 0.501 e. The maximum absolute atomic E-state index is 11.4. The lowest BCUT2D eigenvalue weighted by Crippen LogP contribution is -1.97. The molecule has 0 bridgehead atoms. The highest BCUT2D eigenvalue weighted by Gasteiger charge is 1.98. The van der Waals surface area contributed by atoms with Crippen molar-refractivity contribution < 1.29 is 19.0 Å². The fourth-order valence-corrected chi connectivity index (χ4v) is 0.582. The van der Waals surface area contributed by atoms with Crippen LogP contribution in [0.1, 0.15) is 19.8 Å². The average molecular weight is 188 g/mol. The van der Waals surface area contributed by atoms with E-state index in [2.05, 4.69) is 0 Å². The highest BCUT2D eigenvalue weighted by molar-refractivity contribution is 5.85. The lowest BCUT2D eigenvalue weighted by molar-refractivity contribution is -0.132. The molecule has 0 rings (SSSR count). The summed E-state index contributed by atoms with van der Waals surface area (Å²) in [6.07, 6.45) is 4.33. The van der Waals surface area contributed by atoms with Crippen LogP contribution in [0.5, 0.6) is 0 Å². The third-order valence-electron chi connectivity index (χ3n) is 1.32. The third-order valence-corrected chi connectivity index (χ3v) is 1.32. The first-order chi connectivity index (χ1) is 6.18. The molecule has 0 aliphatic rings. The van der Waals surface area contributed by atoms with Crippen LogP contribution in [0.15, 0.2) is 24.2 Å². The SMILES string of the molecule is CC(=COCCCC=CF)C(=O)O. The van der Waals surface area contributed by atoms with Crippen LogP contribution in [-0.2, 0) is 9.53 Å². The number of ether oxygens (including phenoxy) is 1. The quantitative estimate of drug-likeness (QED) is 0.395. The molecule has 0 aromatic heterocycles. The molecular formula is C9H13FO3. The Balaban J connectivity index is 3.44. The average Bonchev–Trinajstić information content (AvgIpc) is 2.10. The van der Waals surface area contributed by atoms with Gasteiger partial charge in [0.25, 0.3) is 0 Å². The van der Waals surface area contributed by atoms with Crippen LogP contribution in [0.3, 0.4) is 0 Å². The summed E-state index contributed by atoms with van der Waals surface area (Å²) in [4.78, 5) is 10.3. The Morgan fingerprint density at radius 1 is 1.62 bits per heavy atom. The molecule has 0 radical (unpaired) electrons. The molecule has 0 aliphatic carbocycles. The summed E-state index contributed by atoms with van der Waals surface area (Å²) < 4.78 is 16.3. The zero-order chi connectivity index (χ0) is 10.1. The van der Waals surface area contributed by atoms with Crippen molar-refractivity contribution in [2.75, 3.05) is 6.61 Å². The van der Waals surface area contributed by atoms with Crippen LogP contribution in [0.2, 0.25) is 0 Å². The molecule has 1 N–H and O–H groups in total. The van der Waals surface area contributed by atoms with Gasteiger partial charge in [-0.3, -0.25) is 0 Å². The predicted molar refractivity (Wildman–Crippen MR) is 46.8 cm³/mol. The van der Waals surface area contributed by atoms with Gasteiger partial charge in [0, 0.05) is 0 Å². The maximum Gasteiger partial charge on any atom is 0.334 e. The minimum atomic E-state index is -0.997. The van der Waals surface area contributed by atoms with Gasteiger partial charge in [-0.15, -0.1) is 0 Å². The van der Waals surface area contributed by atoms with Gasteiger partial charge >= 0.3 is 5.97 Å². The number of aliphatic carboxylic acids is 1. The van der Waals surface area contributed by atoms with Gasteiger partial charge in [-0.1, -0.05) is 6.08 Å². The van der Waals surface area contributed by atoms with Gasteiger partial charge in [0.15, 0.2) is 0 Å². The molecule has 74 valence electrons. The predicted octanol–water partition coefficient (Wildman–Crippen LogP) is 2.25. The first kappa shape index (κ1) is 11.7. The van der Waals surface area contributed by atoms with Gasteiger partial charge in [0.1, 0.15) is 0 Å². The molecule has 0 saturated carbocycles. The Morgan fingerprint density at radius 2 is 2.31 bits per heavy atom. The summed E-state index contributed by atoms with van der Waals surface area (Å²) in [5, 5.41) is 8.41. The van der Waals surface area contributed by atoms with Gasteiger partial charge < -0.3 is 9.84 Å². The molecule has 0 aliphatic heterocycles. The molecule has 0 aromatic carbocycles. The van der Waals surface area contributed by atoms with E-state index in [0.717, 1.165) is 0 Å². The van der Waals surface area contributed by atoms with Gasteiger partial charge in [0.2, 0.25) is 0 Å². The maximum atomic E-state index is 11.4. The third kappa shape index (κ3) is 7.05. The van der Waals surface area contributed by atoms with Crippen molar-refractivity contribution in [2.45, 2.75) is 19.8 Å². The van der Waals surface area contributed by atoms with E-state index in [1.165, 1.54) is 19.3 Å². The van der Waals surface area contributed by atoms with Crippen LogP contribution in [0, 0.1) is 0 Å². The zero-order valence-electron chi connectivity index (χ0n) is 7.50. The number of hydrogen-bond donors (Lipinski definition) is 1. The van der Waals surface area contributed by atoms with Crippen molar-refractivity contribution in [1.82, 2.24) is 0 Å². The van der Waals surface area contributed by atoms with Crippen molar-refractivity contribution in [3.05, 3.63) is 24.2 Å². The highest BCUT2D eigenvalue weighted by Crippen LogP contribution is 1.96. The van der Waals surface area contributed by atoms with E-state index >= 15 is 0 Å². The molecule has 0 amide bonds. The molecule has 0 fully saturated rings. The summed E-state index contributed by atoms with van der Waals surface area (Å²) in [5.41, 5.74) is 0.154. The summed E-state index contributed by atoms with van der Waals surface area (Å²) in [6, 6.07) is 0. The van der Waals surface area contributed by atoms with E-state index < -0.39 is 5.97 Å². The van der Waals surface area contributed by atoms with E-state index in [0.29, 0.717) is 25.8 Å². The summed E-state index contributed by atoms with van der Waals surface area (Å²) in [5.74, 6) is -0.997. The van der Waals surface area contributed by atoms with Crippen molar-refractivity contribution in [3.63, 3.8) is 0 Å². The van der Waals surface area contributed by atoms with Crippen molar-refractivity contribution in [3.8, 4) is 0 Å². The van der Waals surface area contributed by atoms with Crippen LogP contribution >= 0.6 is 0 Å². The second kappa shape index (κ2) is 7.34. The minimum Gasteiger partial charge on any atom is -0.501 e. The smallest absolute Gasteiger partial charge is 0.334 e. The van der Waals surface area contributed by atoms with Gasteiger partial charge in [0.05, 0.1) is 24.8 Å². The van der Waals surface area contributed by atoms with Gasteiger partial charge in [-0.2, -0.15) is 0 Å². The molecule has 0 spiro atoms. The summed E-state index contributed by atoms with van der Waals surface area (Å²) >= 11 is 0. The van der Waals surface area contributed by atoms with Crippen molar-refractivity contribution in [1.29, 1.82) is 0 Å². The lowest BCUT2D eigenvalue weighted by atomic mass is 10.3. The first-order valence-corrected chi connectivity index (χ1v) is 3.95. The molecule has 13 heavy (non-hydrogen) atoms. The van der Waals surface area contributed by atoms with Crippen LogP contribution in [-0.4, -0.2) is 17.7 Å². The summed E-state index contributed by atoms with van der Waals surface area (Å²) in [6.45, 7) is 1.85. The monoisotopic (exact) mass is 188 g/mol. The molecule has 0 aromatic rings. The number of halogens is 1. The number of hydrogen-bond acceptors (Lipinski definition) is 2. The fraction of sp³-hybridized carbons (Fsp3) is 0.444. The zero-order valence-corrected chi connectivity index (χ0v) is 7.50. The number of carboxylic acids is 1. The second-order valence-electron chi connectivity index (χ2n) is 2.48. The number of rotatable bonds is 6. The molecule has 0 heterocycles. The van der Waals surface area contributed by atoms with Crippen molar-refractivity contribution >= 4 is 5.97 Å². The first-order valence-electron chi connectivity index (χ1n) is 3.95. The van der Waals surface area contributed by atoms with E-state index in [1.54, 1.807) is 0 Å². The van der Waals surface area contributed by atoms with E-state index in [4.69, 9.17) is 9.84 Å². The number of carbonyl (C=O) groups is 1. The molecule has 0 saturated heterocycles. The Hall–Kier alpha value is -1.32. The minimum absolute atomic E-state index is 0.154. The number of unbranched alkanes of at least 4 members (excludes halogenated alkanes) is 1. The fourth-order valence-electron chi connectivity index (χ4n) is 0.582. The standard InChI is InChI=1S/C9H13FO3/c1-8(9(11)12)7-13-6-4-2-3-5-10/h3,5,7H,2,4,6H2,1H3,(H,11,12). The Labute approximate surface area is 76.5 Å². The van der Waals surface area contributed by atoms with E-state index in [-0.39, 0.29) is 5.57 Å². The molecule has 0 unspecified atom stereocenters. The topological polar surface area (TPSA) is 46.5 Å². The molecular weight excluding hydrogens is 175 g/mol. The number of allylic oxidation sites excluding steroid dienone is 1. The molecule has 4 heteroatoms. The van der Waals surface area contributed by atoms with Crippen LogP contribution in [0.4, 0.5) is 4.39 Å². The highest BCUT2D eigenvalue weighted by atomic mass is 19.1. The Kier molecular flexibility index (Phi) is 6.59. The Morgan fingerprint density at radius 3 is 2.85 bits per heavy atom. The molecule has 3 nitrogen and oxygen atoms in total. The van der Waals surface area contributed by atoms with E-state index in [9.17, 15) is 9.18 Å². The molecule has 0 atom stereocenters. The van der Waals surface area contributed by atoms with Gasteiger partial charge in [-0.05, 0) is 19.8 Å². The lowest BCUT2D eigenvalue weighted by Gasteiger charge is -1.98. The van der Waals surface area contributed by atoms with Crippen molar-refractivity contribution in [2.24, 2.45) is 0 Å².